The lowest BCUT2D eigenvalue weighted by molar-refractivity contribution is 0.300. The Kier molecular flexibility index (Phi) is 3.05. The van der Waals surface area contributed by atoms with Crippen molar-refractivity contribution >= 4 is 17.4 Å². The molecular formula is C11H10N6O3S. The minimum Gasteiger partial charge on any atom is -0.465 e. The lowest BCUT2D eigenvalue weighted by Crippen LogP contribution is -2.22. The number of aryl methyl sites for hydroxylation is 1. The Labute approximate surface area is 123 Å². The molecule has 10 heteroatoms. The maximum atomic E-state index is 11.9. The van der Waals surface area contributed by atoms with Gasteiger partial charge in [-0.25, -0.2) is 9.78 Å². The van der Waals surface area contributed by atoms with Crippen LogP contribution in [0.5, 0.6) is 5.19 Å². The monoisotopic (exact) mass is 308 g/mol. The highest BCUT2D eigenvalue weighted by Crippen LogP contribution is 2.21. The van der Waals surface area contributed by atoms with Gasteiger partial charge in [-0.15, -0.1) is 4.68 Å². The van der Waals surface area contributed by atoms with Gasteiger partial charge in [0, 0.05) is 18.6 Å². The van der Waals surface area contributed by atoms with Crippen LogP contribution < -0.4 is 10.4 Å². The predicted octanol–water partition coefficient (Wildman–Crippen LogP) is 0.632. The molecule has 0 bridgehead atoms. The Morgan fingerprint density at radius 2 is 2.48 bits per heavy atom. The van der Waals surface area contributed by atoms with E-state index in [2.05, 4.69) is 27.1 Å². The van der Waals surface area contributed by atoms with Gasteiger partial charge in [-0.05, 0) is 16.5 Å². The third kappa shape index (κ3) is 2.36. The predicted molar refractivity (Wildman–Crippen MR) is 73.2 cm³/mol. The van der Waals surface area contributed by atoms with Gasteiger partial charge in [0.15, 0.2) is 0 Å². The van der Waals surface area contributed by atoms with Gasteiger partial charge in [-0.2, -0.15) is 4.68 Å². The summed E-state index contributed by atoms with van der Waals surface area (Å²) in [5.74, 6) is 0.107. The van der Waals surface area contributed by atoms with Crippen LogP contribution in [0.25, 0.3) is 12.0 Å². The molecule has 108 valence electrons. The molecule has 0 radical (unpaired) electrons. The molecule has 0 saturated heterocycles. The molecule has 0 N–H and O–H groups in total. The molecule has 0 spiro atoms. The zero-order valence-electron chi connectivity index (χ0n) is 11.9. The van der Waals surface area contributed by atoms with E-state index >= 15 is 0 Å². The van der Waals surface area contributed by atoms with Crippen LogP contribution >= 0.6 is 11.3 Å². The second kappa shape index (κ2) is 5.32. The minimum atomic E-state index is -0.476. The summed E-state index contributed by atoms with van der Waals surface area (Å²) in [6, 6.07) is 0. The van der Waals surface area contributed by atoms with Crippen LogP contribution in [0.1, 0.15) is 12.6 Å². The molecule has 3 aromatic heterocycles. The molecule has 0 unspecified atom stereocenters. The SMILES string of the molecule is [3H]c1csc(OCc2c(C=C)noc2-n2nnn(C)c2=O)n1. The second-order valence-electron chi connectivity index (χ2n) is 3.88. The first-order valence-electron chi connectivity index (χ1n) is 6.25. The van der Waals surface area contributed by atoms with Gasteiger partial charge >= 0.3 is 5.69 Å². The highest BCUT2D eigenvalue weighted by molar-refractivity contribution is 7.11. The molecule has 21 heavy (non-hydrogen) atoms. The summed E-state index contributed by atoms with van der Waals surface area (Å²) >= 11 is 1.20. The Bertz CT molecular complexity index is 879. The van der Waals surface area contributed by atoms with E-state index in [1.54, 1.807) is 5.38 Å². The van der Waals surface area contributed by atoms with Crippen molar-refractivity contribution in [3.8, 4) is 11.1 Å². The Hall–Kier alpha value is -2.75. The molecule has 0 saturated carbocycles. The van der Waals surface area contributed by atoms with Crippen molar-refractivity contribution in [1.29, 1.82) is 0 Å². The summed E-state index contributed by atoms with van der Waals surface area (Å²) in [5, 5.41) is 13.0. The van der Waals surface area contributed by atoms with Gasteiger partial charge in [-0.1, -0.05) is 23.1 Å². The molecule has 0 aliphatic heterocycles. The van der Waals surface area contributed by atoms with Gasteiger partial charge in [0.1, 0.15) is 12.3 Å². The van der Waals surface area contributed by atoms with Crippen LogP contribution in [0.2, 0.25) is 0 Å². The Morgan fingerprint density at radius 1 is 1.62 bits per heavy atom. The molecule has 3 aromatic rings. The van der Waals surface area contributed by atoms with Gasteiger partial charge in [0.05, 0.1) is 6.93 Å². The number of aromatic nitrogens is 6. The van der Waals surface area contributed by atoms with Crippen LogP contribution in [0.15, 0.2) is 27.4 Å². The first-order valence-corrected chi connectivity index (χ1v) is 6.63. The Morgan fingerprint density at radius 3 is 3.10 bits per heavy atom. The van der Waals surface area contributed by atoms with Gasteiger partial charge in [0.25, 0.3) is 11.1 Å². The normalized spacial score (nSPS) is 11.4. The highest BCUT2D eigenvalue weighted by Gasteiger charge is 2.20. The van der Waals surface area contributed by atoms with Crippen LogP contribution in [-0.2, 0) is 13.7 Å². The summed E-state index contributed by atoms with van der Waals surface area (Å²) in [7, 11) is 1.47. The van der Waals surface area contributed by atoms with Gasteiger partial charge in [0.2, 0.25) is 0 Å². The number of tetrazole rings is 1. The van der Waals surface area contributed by atoms with E-state index in [-0.39, 0.29) is 18.7 Å². The van der Waals surface area contributed by atoms with E-state index in [1.165, 1.54) is 24.5 Å². The quantitative estimate of drug-likeness (QED) is 0.681. The van der Waals surface area contributed by atoms with E-state index in [1.807, 2.05) is 0 Å². The van der Waals surface area contributed by atoms with Crippen molar-refractivity contribution in [3.63, 3.8) is 0 Å². The molecule has 9 nitrogen and oxygen atoms in total. The summed E-state index contributed by atoms with van der Waals surface area (Å²) in [5.41, 5.74) is 0.435. The van der Waals surface area contributed by atoms with Crippen LogP contribution in [0, 0.1) is 0 Å². The van der Waals surface area contributed by atoms with Crippen molar-refractivity contribution in [2.24, 2.45) is 7.05 Å². The first-order chi connectivity index (χ1) is 10.6. The van der Waals surface area contributed by atoms with E-state index in [4.69, 9.17) is 10.6 Å². The first kappa shape index (κ1) is 12.0. The third-order valence-electron chi connectivity index (χ3n) is 2.61. The number of rotatable bonds is 5. The van der Waals surface area contributed by atoms with E-state index in [9.17, 15) is 4.79 Å². The fourth-order valence-electron chi connectivity index (χ4n) is 1.60. The minimum absolute atomic E-state index is 0.0379. The summed E-state index contributed by atoms with van der Waals surface area (Å²) in [4.78, 5) is 15.8. The number of hydrogen-bond donors (Lipinski definition) is 0. The molecule has 0 atom stereocenters. The van der Waals surface area contributed by atoms with Crippen molar-refractivity contribution in [2.45, 2.75) is 6.61 Å². The molecule has 0 amide bonds. The zero-order valence-corrected chi connectivity index (χ0v) is 11.7. The number of ether oxygens (including phenoxy) is 1. The van der Waals surface area contributed by atoms with Crippen molar-refractivity contribution < 1.29 is 10.6 Å². The molecule has 0 aromatic carbocycles. The summed E-state index contributed by atoms with van der Waals surface area (Å²) in [6.45, 7) is 3.67. The maximum absolute atomic E-state index is 11.9. The largest absolute Gasteiger partial charge is 0.465 e. The van der Waals surface area contributed by atoms with E-state index < -0.39 is 5.69 Å². The van der Waals surface area contributed by atoms with E-state index in [0.29, 0.717) is 16.5 Å². The standard InChI is InChI=1S/C11H10N6O3S/c1-3-8-7(6-19-10-12-4-5-21-10)9(20-13-8)17-11(18)16(2)14-15-17/h3-5H,1,6H2,2H3/i4T. The summed E-state index contributed by atoms with van der Waals surface area (Å²) in [6.07, 6.45) is 1.60. The molecule has 3 heterocycles. The van der Waals surface area contributed by atoms with E-state index in [0.717, 1.165) is 9.36 Å². The second-order valence-corrected chi connectivity index (χ2v) is 4.70. The Balaban J connectivity index is 1.95. The van der Waals surface area contributed by atoms with Crippen molar-refractivity contribution in [3.05, 3.63) is 39.9 Å². The molecule has 0 aliphatic carbocycles. The van der Waals surface area contributed by atoms with Crippen molar-refractivity contribution in [2.75, 3.05) is 0 Å². The number of thiazole rings is 1. The van der Waals surface area contributed by atoms with Crippen LogP contribution in [-0.4, -0.2) is 29.9 Å². The molecule has 0 aliphatic rings. The fraction of sp³-hybridized carbons (Fsp3) is 0.182. The van der Waals surface area contributed by atoms with Crippen LogP contribution in [0.4, 0.5) is 0 Å². The third-order valence-corrected chi connectivity index (χ3v) is 3.25. The lowest BCUT2D eigenvalue weighted by atomic mass is 10.2. The maximum Gasteiger partial charge on any atom is 0.370 e. The number of hydrogen-bond acceptors (Lipinski definition) is 8. The lowest BCUT2D eigenvalue weighted by Gasteiger charge is -2.02. The molecule has 3 rings (SSSR count). The van der Waals surface area contributed by atoms with Gasteiger partial charge < -0.3 is 9.26 Å². The summed E-state index contributed by atoms with van der Waals surface area (Å²) < 4.78 is 20.1. The average Bonchev–Trinajstić information content (AvgIpc) is 3.18. The fourth-order valence-corrected chi connectivity index (χ4v) is 2.04. The number of nitrogens with zero attached hydrogens (tertiary/aromatic N) is 6. The highest BCUT2D eigenvalue weighted by atomic mass is 32.1. The zero-order chi connectivity index (χ0) is 15.7. The smallest absolute Gasteiger partial charge is 0.370 e. The molecule has 0 fully saturated rings. The average molecular weight is 308 g/mol. The van der Waals surface area contributed by atoms with Crippen LogP contribution in [0.3, 0.4) is 0 Å². The molecular weight excluding hydrogens is 296 g/mol. The van der Waals surface area contributed by atoms with Crippen molar-refractivity contribution in [1.82, 2.24) is 29.9 Å². The van der Waals surface area contributed by atoms with Gasteiger partial charge in [-0.3, -0.25) is 0 Å². The topological polar surface area (TPSA) is 101 Å².